The van der Waals surface area contributed by atoms with E-state index in [9.17, 15) is 4.79 Å². The first-order valence-electron chi connectivity index (χ1n) is 7.37. The predicted octanol–water partition coefficient (Wildman–Crippen LogP) is 4.97. The number of ketones is 1. The van der Waals surface area contributed by atoms with E-state index < -0.39 is 0 Å². The van der Waals surface area contributed by atoms with Crippen LogP contribution in [0.2, 0.25) is 0 Å². The van der Waals surface area contributed by atoms with E-state index in [1.165, 1.54) is 31.2 Å². The molecule has 0 aliphatic heterocycles. The highest BCUT2D eigenvalue weighted by Gasteiger charge is 2.22. The van der Waals surface area contributed by atoms with Crippen LogP contribution in [-0.2, 0) is 4.79 Å². The van der Waals surface area contributed by atoms with Crippen molar-refractivity contribution in [1.82, 2.24) is 0 Å². The van der Waals surface area contributed by atoms with Gasteiger partial charge in [0.15, 0.2) is 5.78 Å². The normalized spacial score (nSPS) is 24.3. The van der Waals surface area contributed by atoms with E-state index >= 15 is 0 Å². The largest absolute Gasteiger partial charge is 0.295 e. The van der Waals surface area contributed by atoms with E-state index in [4.69, 9.17) is 0 Å². The number of carbonyl (C=O) groups is 1. The van der Waals surface area contributed by atoms with Crippen LogP contribution in [-0.4, -0.2) is 5.78 Å². The van der Waals surface area contributed by atoms with Crippen LogP contribution in [0.5, 0.6) is 0 Å². The van der Waals surface area contributed by atoms with Crippen LogP contribution in [0.25, 0.3) is 5.57 Å². The van der Waals surface area contributed by atoms with Gasteiger partial charge in [-0.1, -0.05) is 50.5 Å². The summed E-state index contributed by atoms with van der Waals surface area (Å²) in [6.07, 6.45) is 7.13. The molecule has 0 bridgehead atoms. The Hall–Kier alpha value is -1.37. The van der Waals surface area contributed by atoms with Gasteiger partial charge >= 0.3 is 0 Å². The van der Waals surface area contributed by atoms with Gasteiger partial charge in [0, 0.05) is 0 Å². The molecule has 0 radical (unpaired) electrons. The SMILES string of the molecule is CC(=O)/C=C(\C)c1ccc(C2CCCCC2C)cc1. The third-order valence-electron chi connectivity index (χ3n) is 4.33. The second-order valence-corrected chi connectivity index (χ2v) is 5.93. The molecule has 2 atom stereocenters. The molecule has 0 aromatic heterocycles. The van der Waals surface area contributed by atoms with Gasteiger partial charge in [-0.25, -0.2) is 0 Å². The maximum Gasteiger partial charge on any atom is 0.152 e. The standard InChI is InChI=1S/C18H24O/c1-13-6-4-5-7-18(13)17-10-8-16(9-11-17)14(2)12-15(3)19/h8-13,18H,4-7H2,1-3H3/b14-12+. The molecule has 19 heavy (non-hydrogen) atoms. The van der Waals surface area contributed by atoms with E-state index in [0.29, 0.717) is 0 Å². The molecule has 1 heteroatoms. The van der Waals surface area contributed by atoms with Crippen LogP contribution >= 0.6 is 0 Å². The fourth-order valence-electron chi connectivity index (χ4n) is 3.19. The lowest BCUT2D eigenvalue weighted by Crippen LogP contribution is -2.14. The molecule has 1 nitrogen and oxygen atoms in total. The Kier molecular flexibility index (Phi) is 4.57. The number of carbonyl (C=O) groups excluding carboxylic acids is 1. The molecule has 0 heterocycles. The van der Waals surface area contributed by atoms with Crippen molar-refractivity contribution in [3.8, 4) is 0 Å². The molecule has 0 amide bonds. The highest BCUT2D eigenvalue weighted by molar-refractivity contribution is 5.94. The molecule has 0 N–H and O–H groups in total. The highest BCUT2D eigenvalue weighted by Crippen LogP contribution is 2.37. The number of rotatable bonds is 3. The van der Waals surface area contributed by atoms with E-state index in [0.717, 1.165) is 23.0 Å². The Labute approximate surface area is 116 Å². The van der Waals surface area contributed by atoms with Crippen molar-refractivity contribution >= 4 is 11.4 Å². The number of hydrogen-bond donors (Lipinski definition) is 0. The van der Waals surface area contributed by atoms with Crippen LogP contribution in [0.4, 0.5) is 0 Å². The highest BCUT2D eigenvalue weighted by atomic mass is 16.1. The summed E-state index contributed by atoms with van der Waals surface area (Å²) >= 11 is 0. The Morgan fingerprint density at radius 2 is 1.74 bits per heavy atom. The van der Waals surface area contributed by atoms with Gasteiger partial charge in [0.05, 0.1) is 0 Å². The molecular weight excluding hydrogens is 232 g/mol. The first-order chi connectivity index (χ1) is 9.08. The zero-order valence-electron chi connectivity index (χ0n) is 12.3. The fraction of sp³-hybridized carbons (Fsp3) is 0.500. The first-order valence-corrected chi connectivity index (χ1v) is 7.37. The molecule has 1 aliphatic rings. The van der Waals surface area contributed by atoms with E-state index in [-0.39, 0.29) is 5.78 Å². The van der Waals surface area contributed by atoms with E-state index in [1.807, 2.05) is 6.92 Å². The molecule has 1 aromatic carbocycles. The molecule has 1 aromatic rings. The summed E-state index contributed by atoms with van der Waals surface area (Å²) in [6, 6.07) is 8.81. The molecule has 1 fully saturated rings. The van der Waals surface area contributed by atoms with Crippen LogP contribution in [0.1, 0.15) is 63.5 Å². The summed E-state index contributed by atoms with van der Waals surface area (Å²) in [5.41, 5.74) is 3.67. The molecule has 2 unspecified atom stereocenters. The van der Waals surface area contributed by atoms with Crippen LogP contribution in [0.3, 0.4) is 0 Å². The summed E-state index contributed by atoms with van der Waals surface area (Å²) in [4.78, 5) is 11.1. The van der Waals surface area contributed by atoms with Gasteiger partial charge in [-0.15, -0.1) is 0 Å². The van der Waals surface area contributed by atoms with Gasteiger partial charge < -0.3 is 0 Å². The Bertz CT molecular complexity index is 467. The topological polar surface area (TPSA) is 17.1 Å². The van der Waals surface area contributed by atoms with Crippen molar-refractivity contribution in [3.63, 3.8) is 0 Å². The van der Waals surface area contributed by atoms with Crippen LogP contribution in [0.15, 0.2) is 30.3 Å². The Morgan fingerprint density at radius 3 is 2.32 bits per heavy atom. The van der Waals surface area contributed by atoms with Gasteiger partial charge in [0.25, 0.3) is 0 Å². The summed E-state index contributed by atoms with van der Waals surface area (Å²) in [6.45, 7) is 5.97. The Balaban J connectivity index is 2.16. The average Bonchev–Trinajstić information content (AvgIpc) is 2.39. The fourth-order valence-corrected chi connectivity index (χ4v) is 3.19. The van der Waals surface area contributed by atoms with Gasteiger partial charge in [-0.2, -0.15) is 0 Å². The van der Waals surface area contributed by atoms with Crippen molar-refractivity contribution in [2.75, 3.05) is 0 Å². The van der Waals surface area contributed by atoms with Crippen molar-refractivity contribution in [3.05, 3.63) is 41.5 Å². The molecule has 1 saturated carbocycles. The maximum atomic E-state index is 11.1. The van der Waals surface area contributed by atoms with Crippen molar-refractivity contribution < 1.29 is 4.79 Å². The molecule has 0 spiro atoms. The monoisotopic (exact) mass is 256 g/mol. The summed E-state index contributed by atoms with van der Waals surface area (Å²) in [5, 5.41) is 0. The zero-order valence-corrected chi connectivity index (χ0v) is 12.3. The van der Waals surface area contributed by atoms with Crippen molar-refractivity contribution in [2.24, 2.45) is 5.92 Å². The van der Waals surface area contributed by atoms with Crippen molar-refractivity contribution in [2.45, 2.75) is 52.4 Å². The third kappa shape index (κ3) is 3.56. The molecule has 102 valence electrons. The Morgan fingerprint density at radius 1 is 1.11 bits per heavy atom. The smallest absolute Gasteiger partial charge is 0.152 e. The van der Waals surface area contributed by atoms with Gasteiger partial charge in [-0.3, -0.25) is 4.79 Å². The lowest BCUT2D eigenvalue weighted by atomic mass is 9.76. The number of allylic oxidation sites excluding steroid dienone is 2. The second-order valence-electron chi connectivity index (χ2n) is 5.93. The van der Waals surface area contributed by atoms with Crippen molar-refractivity contribution in [1.29, 1.82) is 0 Å². The quantitative estimate of drug-likeness (QED) is 0.698. The summed E-state index contributed by atoms with van der Waals surface area (Å²) in [5.74, 6) is 1.64. The minimum Gasteiger partial charge on any atom is -0.295 e. The van der Waals surface area contributed by atoms with Gasteiger partial charge in [-0.05, 0) is 54.9 Å². The number of hydrogen-bond acceptors (Lipinski definition) is 1. The predicted molar refractivity (Wildman–Crippen MR) is 81.1 cm³/mol. The second kappa shape index (κ2) is 6.18. The van der Waals surface area contributed by atoms with Gasteiger partial charge in [0.2, 0.25) is 0 Å². The number of benzene rings is 1. The lowest BCUT2D eigenvalue weighted by Gasteiger charge is -2.29. The average molecular weight is 256 g/mol. The van der Waals surface area contributed by atoms with E-state index in [1.54, 1.807) is 13.0 Å². The lowest BCUT2D eigenvalue weighted by molar-refractivity contribution is -0.112. The molecule has 2 rings (SSSR count). The third-order valence-corrected chi connectivity index (χ3v) is 4.33. The molecular formula is C18H24O. The van der Waals surface area contributed by atoms with Crippen LogP contribution in [0, 0.1) is 5.92 Å². The maximum absolute atomic E-state index is 11.1. The summed E-state index contributed by atoms with van der Waals surface area (Å²) in [7, 11) is 0. The zero-order chi connectivity index (χ0) is 13.8. The minimum absolute atomic E-state index is 0.113. The van der Waals surface area contributed by atoms with E-state index in [2.05, 4.69) is 31.2 Å². The van der Waals surface area contributed by atoms with Crippen LogP contribution < -0.4 is 0 Å². The molecule has 0 saturated heterocycles. The van der Waals surface area contributed by atoms with Gasteiger partial charge in [0.1, 0.15) is 0 Å². The molecule has 1 aliphatic carbocycles. The summed E-state index contributed by atoms with van der Waals surface area (Å²) < 4.78 is 0. The first kappa shape index (κ1) is 14.0. The minimum atomic E-state index is 0.113.